The third-order valence-electron chi connectivity index (χ3n) is 6.17. The van der Waals surface area contributed by atoms with Crippen molar-refractivity contribution in [3.63, 3.8) is 0 Å². The molecule has 7 nitrogen and oxygen atoms in total. The highest BCUT2D eigenvalue weighted by Crippen LogP contribution is 2.52. The minimum absolute atomic E-state index is 0.0443. The fourth-order valence-corrected chi connectivity index (χ4v) is 5.17. The number of nitrogens with one attached hydrogen (secondary N) is 2. The monoisotopic (exact) mass is 403 g/mol. The van der Waals surface area contributed by atoms with Gasteiger partial charge in [-0.2, -0.15) is 0 Å². The second-order valence-corrected chi connectivity index (χ2v) is 9.71. The highest BCUT2D eigenvalue weighted by Gasteiger charge is 2.58. The van der Waals surface area contributed by atoms with Gasteiger partial charge >= 0.3 is 0 Å². The van der Waals surface area contributed by atoms with E-state index in [0.717, 1.165) is 38.4 Å². The van der Waals surface area contributed by atoms with E-state index < -0.39 is 0 Å². The molecule has 0 spiro atoms. The highest BCUT2D eigenvalue weighted by molar-refractivity contribution is 6.06. The molecule has 0 aromatic rings. The van der Waals surface area contributed by atoms with Gasteiger partial charge in [-0.3, -0.25) is 19.5 Å². The molecule has 1 heterocycles. The van der Waals surface area contributed by atoms with Crippen molar-refractivity contribution in [3.8, 4) is 0 Å². The van der Waals surface area contributed by atoms with Gasteiger partial charge in [-0.15, -0.1) is 0 Å². The first kappa shape index (κ1) is 21.8. The van der Waals surface area contributed by atoms with E-state index in [1.54, 1.807) is 0 Å². The Morgan fingerprint density at radius 3 is 2.34 bits per heavy atom. The van der Waals surface area contributed by atoms with E-state index in [1.165, 1.54) is 4.90 Å². The fourth-order valence-electron chi connectivity index (χ4n) is 5.17. The van der Waals surface area contributed by atoms with E-state index in [0.29, 0.717) is 13.1 Å². The van der Waals surface area contributed by atoms with E-state index in [-0.39, 0.29) is 40.9 Å². The van der Waals surface area contributed by atoms with Crippen LogP contribution in [-0.4, -0.2) is 74.4 Å². The summed E-state index contributed by atoms with van der Waals surface area (Å²) in [7, 11) is 4.15. The molecule has 2 aliphatic carbocycles. The summed E-state index contributed by atoms with van der Waals surface area (Å²) in [5.74, 6) is 1.25. The molecule has 162 valence electrons. The van der Waals surface area contributed by atoms with Crippen LogP contribution < -0.4 is 10.6 Å². The molecule has 1 saturated heterocycles. The van der Waals surface area contributed by atoms with Gasteiger partial charge in [0, 0.05) is 32.7 Å². The maximum Gasteiger partial charge on any atom is 0.233 e. The van der Waals surface area contributed by atoms with Crippen LogP contribution in [0, 0.1) is 29.1 Å². The normalized spacial score (nSPS) is 28.6. The van der Waals surface area contributed by atoms with Crippen LogP contribution in [0.3, 0.4) is 0 Å². The Morgan fingerprint density at radius 1 is 1.17 bits per heavy atom. The molecule has 2 bridgehead atoms. The van der Waals surface area contributed by atoms with Gasteiger partial charge in [-0.25, -0.2) is 0 Å². The van der Waals surface area contributed by atoms with E-state index >= 15 is 0 Å². The smallest absolute Gasteiger partial charge is 0.233 e. The first-order chi connectivity index (χ1) is 13.7. The standard InChI is InChI=1S/C22H37N5O2/c1-6-23-21(25-13-22(2,3)14-26(4)5)24-10-7-11-27-19(28)17-15-8-9-16(12-15)18(17)20(27)29/h8-9,15-18H,6-7,10-14H2,1-5H3,(H2,23,24,25). The van der Waals surface area contributed by atoms with Crippen molar-refractivity contribution in [1.82, 2.24) is 20.4 Å². The molecule has 2 fully saturated rings. The van der Waals surface area contributed by atoms with Gasteiger partial charge in [-0.05, 0) is 51.1 Å². The lowest BCUT2D eigenvalue weighted by Gasteiger charge is -2.27. The molecule has 0 radical (unpaired) electrons. The summed E-state index contributed by atoms with van der Waals surface area (Å²) < 4.78 is 0. The van der Waals surface area contributed by atoms with E-state index in [2.05, 4.69) is 55.6 Å². The van der Waals surface area contributed by atoms with Gasteiger partial charge in [0.15, 0.2) is 5.96 Å². The molecule has 29 heavy (non-hydrogen) atoms. The third kappa shape index (κ3) is 4.82. The van der Waals surface area contributed by atoms with Crippen LogP contribution in [0.5, 0.6) is 0 Å². The zero-order chi connectivity index (χ0) is 21.2. The predicted octanol–water partition coefficient (Wildman–Crippen LogP) is 1.33. The van der Waals surface area contributed by atoms with Crippen LogP contribution in [-0.2, 0) is 9.59 Å². The van der Waals surface area contributed by atoms with Crippen LogP contribution in [0.15, 0.2) is 17.1 Å². The van der Waals surface area contributed by atoms with Crippen molar-refractivity contribution in [3.05, 3.63) is 12.2 Å². The summed E-state index contributed by atoms with van der Waals surface area (Å²) >= 11 is 0. The Morgan fingerprint density at radius 2 is 1.79 bits per heavy atom. The first-order valence-corrected chi connectivity index (χ1v) is 10.9. The molecule has 4 unspecified atom stereocenters. The Bertz CT molecular complexity index is 655. The number of rotatable bonds is 9. The Labute approximate surface area is 175 Å². The first-order valence-electron chi connectivity index (χ1n) is 10.9. The number of allylic oxidation sites excluding steroid dienone is 2. The van der Waals surface area contributed by atoms with Crippen LogP contribution >= 0.6 is 0 Å². The molecular formula is C22H37N5O2. The number of fused-ring (bicyclic) bond motifs is 5. The van der Waals surface area contributed by atoms with Gasteiger partial charge in [0.2, 0.25) is 11.8 Å². The molecule has 2 N–H and O–H groups in total. The highest BCUT2D eigenvalue weighted by atomic mass is 16.2. The SMILES string of the molecule is CCNC(=NCC(C)(C)CN(C)C)NCCCN1C(=O)C2C3C=CC(C3)C2C1=O. The minimum atomic E-state index is -0.0942. The summed E-state index contributed by atoms with van der Waals surface area (Å²) in [5.41, 5.74) is 0.0887. The minimum Gasteiger partial charge on any atom is -0.357 e. The number of guanidine groups is 1. The number of amides is 2. The molecule has 0 aromatic carbocycles. The molecule has 3 aliphatic rings. The lowest BCUT2D eigenvalue weighted by molar-refractivity contribution is -0.140. The number of hydrogen-bond donors (Lipinski definition) is 2. The predicted molar refractivity (Wildman–Crippen MR) is 115 cm³/mol. The van der Waals surface area contributed by atoms with Crippen LogP contribution in [0.1, 0.15) is 33.6 Å². The third-order valence-corrected chi connectivity index (χ3v) is 6.17. The summed E-state index contributed by atoms with van der Waals surface area (Å²) in [6, 6.07) is 0. The average molecular weight is 404 g/mol. The number of nitrogens with zero attached hydrogens (tertiary/aromatic N) is 3. The largest absolute Gasteiger partial charge is 0.357 e. The van der Waals surface area contributed by atoms with Crippen LogP contribution in [0.2, 0.25) is 0 Å². The second kappa shape index (κ2) is 8.86. The molecule has 0 aromatic heterocycles. The summed E-state index contributed by atoms with van der Waals surface area (Å²) in [5, 5.41) is 6.62. The van der Waals surface area contributed by atoms with Crippen LogP contribution in [0.4, 0.5) is 0 Å². The molecule has 1 saturated carbocycles. The molecule has 7 heteroatoms. The second-order valence-electron chi connectivity index (χ2n) is 9.71. The number of aliphatic imine (C=N–C) groups is 1. The summed E-state index contributed by atoms with van der Waals surface area (Å²) in [6.45, 7) is 10.1. The Kier molecular flexibility index (Phi) is 6.66. The van der Waals surface area contributed by atoms with Crippen molar-refractivity contribution < 1.29 is 9.59 Å². The summed E-state index contributed by atoms with van der Waals surface area (Å²) in [4.78, 5) is 33.9. The van der Waals surface area contributed by atoms with Crippen molar-refractivity contribution in [2.45, 2.75) is 33.6 Å². The summed E-state index contributed by atoms with van der Waals surface area (Å²) in [6.07, 6.45) is 5.98. The van der Waals surface area contributed by atoms with E-state index in [9.17, 15) is 9.59 Å². The Balaban J connectivity index is 1.46. The van der Waals surface area contributed by atoms with Crippen molar-refractivity contribution >= 4 is 17.8 Å². The number of carbonyl (C=O) groups is 2. The van der Waals surface area contributed by atoms with Gasteiger partial charge in [0.1, 0.15) is 0 Å². The zero-order valence-electron chi connectivity index (χ0n) is 18.6. The molecule has 3 rings (SSSR count). The maximum atomic E-state index is 12.7. The Hall–Kier alpha value is -1.89. The quantitative estimate of drug-likeness (QED) is 0.200. The lowest BCUT2D eigenvalue weighted by Crippen LogP contribution is -2.41. The van der Waals surface area contributed by atoms with Crippen molar-refractivity contribution in [2.75, 3.05) is 46.8 Å². The maximum absolute atomic E-state index is 12.7. The molecule has 1 aliphatic heterocycles. The number of carbonyl (C=O) groups excluding carboxylic acids is 2. The zero-order valence-corrected chi connectivity index (χ0v) is 18.6. The van der Waals surface area contributed by atoms with Gasteiger partial charge < -0.3 is 15.5 Å². The fraction of sp³-hybridized carbons (Fsp3) is 0.773. The number of hydrogen-bond acceptors (Lipinski definition) is 4. The number of imide groups is 1. The lowest BCUT2D eigenvalue weighted by atomic mass is 9.85. The van der Waals surface area contributed by atoms with Gasteiger partial charge in [0.25, 0.3) is 0 Å². The van der Waals surface area contributed by atoms with Crippen molar-refractivity contribution in [1.29, 1.82) is 0 Å². The van der Waals surface area contributed by atoms with Gasteiger partial charge in [-0.1, -0.05) is 26.0 Å². The van der Waals surface area contributed by atoms with Gasteiger partial charge in [0.05, 0.1) is 11.8 Å². The number of likely N-dealkylation sites (tertiary alicyclic amines) is 1. The van der Waals surface area contributed by atoms with Crippen LogP contribution in [0.25, 0.3) is 0 Å². The molecule has 2 amide bonds. The van der Waals surface area contributed by atoms with E-state index in [1.807, 2.05) is 6.92 Å². The molecular weight excluding hydrogens is 366 g/mol. The topological polar surface area (TPSA) is 77.0 Å². The average Bonchev–Trinajstić information content (AvgIpc) is 3.31. The molecule has 4 atom stereocenters. The van der Waals surface area contributed by atoms with E-state index in [4.69, 9.17) is 4.99 Å². The van der Waals surface area contributed by atoms with Crippen molar-refractivity contribution in [2.24, 2.45) is 34.1 Å².